The highest BCUT2D eigenvalue weighted by molar-refractivity contribution is 7.99. The van der Waals surface area contributed by atoms with E-state index < -0.39 is 0 Å². The molecular weight excluding hydrogens is 294 g/mol. The lowest BCUT2D eigenvalue weighted by Crippen LogP contribution is -2.26. The summed E-state index contributed by atoms with van der Waals surface area (Å²) in [4.78, 5) is 12.1. The van der Waals surface area contributed by atoms with E-state index in [4.69, 9.17) is 11.6 Å². The van der Waals surface area contributed by atoms with Gasteiger partial charge in [0.2, 0.25) is 0 Å². The molecule has 0 spiro atoms. The quantitative estimate of drug-likeness (QED) is 0.875. The van der Waals surface area contributed by atoms with E-state index in [1.165, 1.54) is 29.0 Å². The first kappa shape index (κ1) is 15.7. The van der Waals surface area contributed by atoms with Crippen LogP contribution in [0.25, 0.3) is 0 Å². The first-order valence-corrected chi connectivity index (χ1v) is 8.83. The zero-order valence-electron chi connectivity index (χ0n) is 11.9. The minimum absolute atomic E-state index is 0.190. The van der Waals surface area contributed by atoms with Crippen molar-refractivity contribution in [2.45, 2.75) is 39.2 Å². The molecule has 1 fully saturated rings. The van der Waals surface area contributed by atoms with E-state index in [-0.39, 0.29) is 10.6 Å². The van der Waals surface area contributed by atoms with Gasteiger partial charge in [0.05, 0.1) is 11.9 Å². The molecular formula is C14H22ClN3OS. The second-order valence-corrected chi connectivity index (χ2v) is 6.79. The van der Waals surface area contributed by atoms with E-state index >= 15 is 0 Å². The van der Waals surface area contributed by atoms with Gasteiger partial charge in [-0.15, -0.1) is 0 Å². The number of aromatic nitrogens is 2. The van der Waals surface area contributed by atoms with Gasteiger partial charge < -0.3 is 5.32 Å². The van der Waals surface area contributed by atoms with Gasteiger partial charge in [-0.3, -0.25) is 4.79 Å². The summed E-state index contributed by atoms with van der Waals surface area (Å²) in [5.41, 5.74) is 0.479. The molecule has 1 N–H and O–H groups in total. The van der Waals surface area contributed by atoms with E-state index in [0.717, 1.165) is 19.4 Å². The summed E-state index contributed by atoms with van der Waals surface area (Å²) in [6.45, 7) is 3.60. The molecule has 1 aliphatic rings. The zero-order valence-corrected chi connectivity index (χ0v) is 13.5. The first-order valence-electron chi connectivity index (χ1n) is 7.29. The molecule has 0 radical (unpaired) electrons. The molecule has 2 rings (SSSR count). The van der Waals surface area contributed by atoms with Gasteiger partial charge in [-0.2, -0.15) is 16.9 Å². The number of hydrogen-bond donors (Lipinski definition) is 1. The number of unbranched alkanes of at least 4 members (excludes halogenated alkanes) is 1. The SMILES string of the molecule is CCCCn1ncc(NCC2CCSCC2)c(Cl)c1=O. The Bertz CT molecular complexity index is 486. The minimum atomic E-state index is -0.190. The molecule has 0 atom stereocenters. The third-order valence-corrected chi connectivity index (χ3v) is 5.04. The Hall–Kier alpha value is -0.680. The molecule has 0 bridgehead atoms. The molecule has 20 heavy (non-hydrogen) atoms. The number of hydrogen-bond acceptors (Lipinski definition) is 4. The topological polar surface area (TPSA) is 46.9 Å². The van der Waals surface area contributed by atoms with Crippen LogP contribution in [0, 0.1) is 5.92 Å². The van der Waals surface area contributed by atoms with Gasteiger partial charge >= 0.3 is 0 Å². The van der Waals surface area contributed by atoms with Crippen LogP contribution < -0.4 is 10.9 Å². The number of nitrogens with one attached hydrogen (secondary N) is 1. The normalized spacial score (nSPS) is 16.3. The summed E-state index contributed by atoms with van der Waals surface area (Å²) in [5, 5.41) is 7.75. The highest BCUT2D eigenvalue weighted by Crippen LogP contribution is 2.24. The van der Waals surface area contributed by atoms with Crippen LogP contribution >= 0.6 is 23.4 Å². The molecule has 1 aliphatic heterocycles. The fraction of sp³-hybridized carbons (Fsp3) is 0.714. The van der Waals surface area contributed by atoms with Crippen molar-refractivity contribution >= 4 is 29.1 Å². The molecule has 1 aromatic rings. The van der Waals surface area contributed by atoms with Crippen molar-refractivity contribution in [3.05, 3.63) is 21.6 Å². The molecule has 0 amide bonds. The number of nitrogens with zero attached hydrogens (tertiary/aromatic N) is 2. The molecule has 0 aliphatic carbocycles. The van der Waals surface area contributed by atoms with E-state index in [1.54, 1.807) is 6.20 Å². The first-order chi connectivity index (χ1) is 9.72. The Kier molecular flexibility index (Phi) is 6.23. The van der Waals surface area contributed by atoms with Crippen LogP contribution in [0.15, 0.2) is 11.0 Å². The molecule has 112 valence electrons. The van der Waals surface area contributed by atoms with E-state index in [2.05, 4.69) is 17.3 Å². The van der Waals surface area contributed by atoms with Crippen LogP contribution in [0.5, 0.6) is 0 Å². The fourth-order valence-electron chi connectivity index (χ4n) is 2.26. The molecule has 0 saturated carbocycles. The maximum atomic E-state index is 12.1. The molecule has 4 nitrogen and oxygen atoms in total. The number of aryl methyl sites for hydroxylation is 1. The molecule has 1 aromatic heterocycles. The molecule has 2 heterocycles. The van der Waals surface area contributed by atoms with Crippen LogP contribution in [0.3, 0.4) is 0 Å². The van der Waals surface area contributed by atoms with E-state index in [0.29, 0.717) is 18.2 Å². The minimum Gasteiger partial charge on any atom is -0.382 e. The molecule has 0 unspecified atom stereocenters. The van der Waals surface area contributed by atoms with Crippen molar-refractivity contribution < 1.29 is 0 Å². The van der Waals surface area contributed by atoms with Gasteiger partial charge in [0.1, 0.15) is 5.02 Å². The second-order valence-electron chi connectivity index (χ2n) is 5.19. The van der Waals surface area contributed by atoms with Crippen LogP contribution in [-0.2, 0) is 6.54 Å². The Morgan fingerprint density at radius 2 is 2.25 bits per heavy atom. The maximum Gasteiger partial charge on any atom is 0.287 e. The average molecular weight is 316 g/mol. The summed E-state index contributed by atoms with van der Waals surface area (Å²) in [5.74, 6) is 3.14. The van der Waals surface area contributed by atoms with Crippen molar-refractivity contribution in [3.63, 3.8) is 0 Å². The highest BCUT2D eigenvalue weighted by Gasteiger charge is 2.15. The highest BCUT2D eigenvalue weighted by atomic mass is 35.5. The number of rotatable bonds is 6. The summed E-state index contributed by atoms with van der Waals surface area (Å²) < 4.78 is 1.45. The van der Waals surface area contributed by atoms with E-state index in [9.17, 15) is 4.79 Å². The van der Waals surface area contributed by atoms with Crippen molar-refractivity contribution in [1.29, 1.82) is 0 Å². The van der Waals surface area contributed by atoms with Crippen molar-refractivity contribution in [2.24, 2.45) is 5.92 Å². The smallest absolute Gasteiger partial charge is 0.287 e. The Labute approximate surface area is 129 Å². The van der Waals surface area contributed by atoms with Crippen LogP contribution in [-0.4, -0.2) is 27.8 Å². The number of halogens is 1. The van der Waals surface area contributed by atoms with E-state index in [1.807, 2.05) is 11.8 Å². The van der Waals surface area contributed by atoms with Gasteiger partial charge in [-0.05, 0) is 36.7 Å². The Morgan fingerprint density at radius 1 is 1.50 bits per heavy atom. The zero-order chi connectivity index (χ0) is 14.4. The average Bonchev–Trinajstić information content (AvgIpc) is 2.49. The van der Waals surface area contributed by atoms with Gasteiger partial charge in [-0.25, -0.2) is 4.68 Å². The summed E-state index contributed by atoms with van der Waals surface area (Å²) in [6, 6.07) is 0. The lowest BCUT2D eigenvalue weighted by Gasteiger charge is -2.22. The predicted molar refractivity (Wildman–Crippen MR) is 87.0 cm³/mol. The third kappa shape index (κ3) is 4.16. The van der Waals surface area contributed by atoms with Crippen molar-refractivity contribution in [1.82, 2.24) is 9.78 Å². The second kappa shape index (κ2) is 7.93. The van der Waals surface area contributed by atoms with Crippen LogP contribution in [0.4, 0.5) is 5.69 Å². The van der Waals surface area contributed by atoms with Crippen LogP contribution in [0.2, 0.25) is 5.02 Å². The number of thioether (sulfide) groups is 1. The molecule has 1 saturated heterocycles. The predicted octanol–water partition coefficient (Wildman–Crippen LogP) is 3.25. The third-order valence-electron chi connectivity index (χ3n) is 3.63. The molecule has 0 aromatic carbocycles. The molecule has 6 heteroatoms. The Balaban J connectivity index is 1.97. The fourth-order valence-corrected chi connectivity index (χ4v) is 3.68. The largest absolute Gasteiger partial charge is 0.382 e. The number of anilines is 1. The van der Waals surface area contributed by atoms with Gasteiger partial charge in [0.25, 0.3) is 5.56 Å². The van der Waals surface area contributed by atoms with Crippen molar-refractivity contribution in [3.8, 4) is 0 Å². The monoisotopic (exact) mass is 315 g/mol. The summed E-state index contributed by atoms with van der Waals surface area (Å²) in [7, 11) is 0. The maximum absolute atomic E-state index is 12.1. The van der Waals surface area contributed by atoms with Crippen LogP contribution in [0.1, 0.15) is 32.6 Å². The Morgan fingerprint density at radius 3 is 2.95 bits per heavy atom. The lowest BCUT2D eigenvalue weighted by atomic mass is 10.0. The lowest BCUT2D eigenvalue weighted by molar-refractivity contribution is 0.514. The van der Waals surface area contributed by atoms with Crippen molar-refractivity contribution in [2.75, 3.05) is 23.4 Å². The van der Waals surface area contributed by atoms with Gasteiger partial charge in [0, 0.05) is 13.1 Å². The standard InChI is InChI=1S/C14H22ClN3OS/c1-2-3-6-18-14(19)13(15)12(10-17-18)16-9-11-4-7-20-8-5-11/h10-11,16H,2-9H2,1H3. The summed E-state index contributed by atoms with van der Waals surface area (Å²) in [6.07, 6.45) is 6.12. The van der Waals surface area contributed by atoms with Gasteiger partial charge in [0.15, 0.2) is 0 Å². The van der Waals surface area contributed by atoms with Gasteiger partial charge in [-0.1, -0.05) is 24.9 Å². The summed E-state index contributed by atoms with van der Waals surface area (Å²) >= 11 is 8.17.